The van der Waals surface area contributed by atoms with Gasteiger partial charge >= 0.3 is 0 Å². The lowest BCUT2D eigenvalue weighted by molar-refractivity contribution is 0.317. The van der Waals surface area contributed by atoms with E-state index in [1.807, 2.05) is 31.2 Å². The molecule has 0 aliphatic carbocycles. The molecule has 0 aliphatic rings. The average molecular weight is 227 g/mol. The first kappa shape index (κ1) is 12.0. The molecule has 0 bridgehead atoms. The number of hydrogen-bond donors (Lipinski definition) is 1. The number of benzene rings is 1. The third-order valence-electron chi connectivity index (χ3n) is 1.82. The molecule has 0 saturated carbocycles. The lowest BCUT2D eigenvalue weighted by Crippen LogP contribution is -2.05. The van der Waals surface area contributed by atoms with Gasteiger partial charge in [0, 0.05) is 11.4 Å². The highest BCUT2D eigenvalue weighted by Crippen LogP contribution is 2.16. The molecule has 0 amide bonds. The lowest BCUT2D eigenvalue weighted by atomic mass is 10.3. The van der Waals surface area contributed by atoms with Gasteiger partial charge in [0.05, 0.1) is 6.61 Å². The molecule has 84 valence electrons. The van der Waals surface area contributed by atoms with Gasteiger partial charge in [-0.15, -0.1) is 0 Å². The summed E-state index contributed by atoms with van der Waals surface area (Å²) >= 11 is 0. The summed E-state index contributed by atoms with van der Waals surface area (Å²) in [5.41, 5.74) is 0.860. The van der Waals surface area contributed by atoms with Crippen LogP contribution in [0.2, 0.25) is 0 Å². The molecule has 0 spiro atoms. The van der Waals surface area contributed by atoms with E-state index >= 15 is 0 Å². The van der Waals surface area contributed by atoms with Gasteiger partial charge in [-0.3, -0.25) is 0 Å². The number of rotatable bonds is 6. The van der Waals surface area contributed by atoms with E-state index in [-0.39, 0.29) is 0 Å². The average Bonchev–Trinajstić information content (AvgIpc) is 2.28. The molecule has 1 rings (SSSR count). The van der Waals surface area contributed by atoms with Crippen molar-refractivity contribution in [1.82, 2.24) is 0 Å². The van der Waals surface area contributed by atoms with Gasteiger partial charge in [0.25, 0.3) is 0 Å². The number of nitrogens with one attached hydrogen (secondary N) is 1. The summed E-state index contributed by atoms with van der Waals surface area (Å²) in [7, 11) is -0.981. The van der Waals surface area contributed by atoms with Crippen LogP contribution in [0.1, 0.15) is 20.3 Å². The van der Waals surface area contributed by atoms with Gasteiger partial charge in [-0.2, -0.15) is 0 Å². The van der Waals surface area contributed by atoms with Gasteiger partial charge in [-0.25, -0.2) is 4.21 Å². The van der Waals surface area contributed by atoms with Crippen LogP contribution in [0.4, 0.5) is 5.69 Å². The van der Waals surface area contributed by atoms with E-state index in [9.17, 15) is 4.21 Å². The molecule has 1 unspecified atom stereocenters. The molecule has 0 aliphatic heterocycles. The second-order valence-electron chi connectivity index (χ2n) is 3.11. The first-order valence-electron chi connectivity index (χ1n) is 5.14. The van der Waals surface area contributed by atoms with Gasteiger partial charge in [0.15, 0.2) is 0 Å². The highest BCUT2D eigenvalue weighted by Gasteiger charge is 1.97. The van der Waals surface area contributed by atoms with Crippen LogP contribution in [0, 0.1) is 0 Å². The van der Waals surface area contributed by atoms with Crippen molar-refractivity contribution in [1.29, 1.82) is 0 Å². The van der Waals surface area contributed by atoms with Crippen LogP contribution in [-0.2, 0) is 11.0 Å². The number of ether oxygens (including phenoxy) is 1. The highest BCUT2D eigenvalue weighted by atomic mass is 32.2. The lowest BCUT2D eigenvalue weighted by Gasteiger charge is -2.06. The molecule has 0 aromatic heterocycles. The molecule has 1 aromatic carbocycles. The van der Waals surface area contributed by atoms with Crippen LogP contribution >= 0.6 is 0 Å². The monoisotopic (exact) mass is 227 g/mol. The summed E-state index contributed by atoms with van der Waals surface area (Å²) in [6, 6.07) is 7.51. The molecule has 0 fully saturated rings. The summed E-state index contributed by atoms with van der Waals surface area (Å²) in [5, 5.41) is 0. The van der Waals surface area contributed by atoms with E-state index < -0.39 is 11.0 Å². The fourth-order valence-corrected chi connectivity index (χ4v) is 1.59. The second kappa shape index (κ2) is 6.45. The first-order valence-corrected chi connectivity index (χ1v) is 6.46. The van der Waals surface area contributed by atoms with Crippen molar-refractivity contribution in [2.45, 2.75) is 20.3 Å². The largest absolute Gasteiger partial charge is 0.494 e. The van der Waals surface area contributed by atoms with Crippen molar-refractivity contribution in [2.24, 2.45) is 0 Å². The Hall–Kier alpha value is -1.03. The Morgan fingerprint density at radius 2 is 1.93 bits per heavy atom. The molecular weight excluding hydrogens is 210 g/mol. The topological polar surface area (TPSA) is 38.3 Å². The van der Waals surface area contributed by atoms with Crippen LogP contribution in [0.25, 0.3) is 0 Å². The Bertz CT molecular complexity index is 311. The molecule has 0 heterocycles. The zero-order valence-electron chi connectivity index (χ0n) is 9.16. The van der Waals surface area contributed by atoms with Crippen molar-refractivity contribution >= 4 is 16.7 Å². The third kappa shape index (κ3) is 4.34. The second-order valence-corrected chi connectivity index (χ2v) is 4.58. The van der Waals surface area contributed by atoms with Crippen LogP contribution in [0.15, 0.2) is 24.3 Å². The first-order chi connectivity index (χ1) is 7.26. The molecule has 0 radical (unpaired) electrons. The van der Waals surface area contributed by atoms with E-state index in [1.54, 1.807) is 0 Å². The van der Waals surface area contributed by atoms with E-state index in [0.29, 0.717) is 5.75 Å². The quantitative estimate of drug-likeness (QED) is 0.811. The minimum absolute atomic E-state index is 0.605. The van der Waals surface area contributed by atoms with Crippen molar-refractivity contribution in [3.05, 3.63) is 24.3 Å². The van der Waals surface area contributed by atoms with Gasteiger partial charge in [-0.05, 0) is 30.7 Å². The predicted octanol–water partition coefficient (Wildman–Crippen LogP) is 2.57. The molecule has 1 aromatic rings. The van der Waals surface area contributed by atoms with E-state index in [4.69, 9.17) is 4.74 Å². The van der Waals surface area contributed by atoms with Crippen molar-refractivity contribution in [3.8, 4) is 5.75 Å². The fraction of sp³-hybridized carbons (Fsp3) is 0.455. The Morgan fingerprint density at radius 3 is 2.47 bits per heavy atom. The third-order valence-corrected chi connectivity index (χ3v) is 2.81. The maximum absolute atomic E-state index is 11.2. The number of hydrogen-bond acceptors (Lipinski definition) is 2. The zero-order valence-corrected chi connectivity index (χ0v) is 9.97. The summed E-state index contributed by atoms with van der Waals surface area (Å²) in [4.78, 5) is 0. The highest BCUT2D eigenvalue weighted by molar-refractivity contribution is 7.86. The van der Waals surface area contributed by atoms with Crippen LogP contribution in [0.5, 0.6) is 5.75 Å². The Labute approximate surface area is 93.4 Å². The van der Waals surface area contributed by atoms with E-state index in [2.05, 4.69) is 11.6 Å². The van der Waals surface area contributed by atoms with Crippen LogP contribution in [0.3, 0.4) is 0 Å². The zero-order chi connectivity index (χ0) is 11.1. The standard InChI is InChI=1S/C11H17NO2S/c1-3-9-14-11-7-5-10(6-8-11)12-15(13)4-2/h5-8,12H,3-4,9H2,1-2H3. The summed E-state index contributed by atoms with van der Waals surface area (Å²) < 4.78 is 19.5. The molecular formula is C11H17NO2S. The van der Waals surface area contributed by atoms with Crippen molar-refractivity contribution < 1.29 is 8.95 Å². The number of anilines is 1. The molecule has 0 saturated heterocycles. The molecule has 1 N–H and O–H groups in total. The predicted molar refractivity (Wildman–Crippen MR) is 64.5 cm³/mol. The van der Waals surface area contributed by atoms with Crippen LogP contribution in [-0.4, -0.2) is 16.6 Å². The minimum atomic E-state index is -0.981. The van der Waals surface area contributed by atoms with E-state index in [1.165, 1.54) is 0 Å². The van der Waals surface area contributed by atoms with Crippen molar-refractivity contribution in [3.63, 3.8) is 0 Å². The summed E-state index contributed by atoms with van der Waals surface area (Å²) in [6.45, 7) is 4.68. The van der Waals surface area contributed by atoms with Gasteiger partial charge in [-0.1, -0.05) is 13.8 Å². The Morgan fingerprint density at radius 1 is 1.27 bits per heavy atom. The van der Waals surface area contributed by atoms with Gasteiger partial charge < -0.3 is 9.46 Å². The SMILES string of the molecule is CCCOc1ccc(NS(=O)CC)cc1. The summed E-state index contributed by atoms with van der Waals surface area (Å²) in [5.74, 6) is 1.46. The fourth-order valence-electron chi connectivity index (χ4n) is 1.04. The smallest absolute Gasteiger partial charge is 0.119 e. The molecule has 1 atom stereocenters. The van der Waals surface area contributed by atoms with Crippen LogP contribution < -0.4 is 9.46 Å². The Balaban J connectivity index is 2.52. The summed E-state index contributed by atoms with van der Waals surface area (Å²) in [6.07, 6.45) is 1.000. The minimum Gasteiger partial charge on any atom is -0.494 e. The molecule has 3 nitrogen and oxygen atoms in total. The maximum Gasteiger partial charge on any atom is 0.119 e. The van der Waals surface area contributed by atoms with E-state index in [0.717, 1.165) is 24.5 Å². The normalized spacial score (nSPS) is 12.1. The molecule has 15 heavy (non-hydrogen) atoms. The Kier molecular flexibility index (Phi) is 5.18. The maximum atomic E-state index is 11.2. The van der Waals surface area contributed by atoms with Gasteiger partial charge in [0.2, 0.25) is 0 Å². The van der Waals surface area contributed by atoms with Gasteiger partial charge in [0.1, 0.15) is 16.7 Å². The molecule has 4 heteroatoms. The van der Waals surface area contributed by atoms with Crippen molar-refractivity contribution in [2.75, 3.05) is 17.1 Å².